The van der Waals surface area contributed by atoms with Gasteiger partial charge >= 0.3 is 0 Å². The molecule has 1 aliphatic heterocycles. The van der Waals surface area contributed by atoms with Crippen LogP contribution in [0.5, 0.6) is 0 Å². The third kappa shape index (κ3) is 3.41. The summed E-state index contributed by atoms with van der Waals surface area (Å²) in [5.74, 6) is 1.95. The van der Waals surface area contributed by atoms with Crippen molar-refractivity contribution in [2.75, 3.05) is 6.54 Å². The first-order chi connectivity index (χ1) is 9.93. The minimum atomic E-state index is 0.593. The van der Waals surface area contributed by atoms with E-state index < -0.39 is 0 Å². The summed E-state index contributed by atoms with van der Waals surface area (Å²) in [5, 5.41) is 3.78. The van der Waals surface area contributed by atoms with Gasteiger partial charge in [0.1, 0.15) is 0 Å². The zero-order chi connectivity index (χ0) is 13.6. The second kappa shape index (κ2) is 6.92. The largest absolute Gasteiger partial charge is 0.370 e. The molecule has 0 unspecified atom stereocenters. The molecule has 2 aliphatic rings. The molecule has 2 heteroatoms. The molecular weight excluding hydrogens is 244 g/mol. The molecule has 3 rings (SSSR count). The van der Waals surface area contributed by atoms with Crippen molar-refractivity contribution in [2.24, 2.45) is 4.99 Å². The van der Waals surface area contributed by atoms with E-state index in [9.17, 15) is 0 Å². The van der Waals surface area contributed by atoms with Crippen LogP contribution in [-0.4, -0.2) is 18.4 Å². The summed E-state index contributed by atoms with van der Waals surface area (Å²) in [6.07, 6.45) is 10.4. The summed E-state index contributed by atoms with van der Waals surface area (Å²) < 4.78 is 0. The Kier molecular flexibility index (Phi) is 4.73. The van der Waals surface area contributed by atoms with Crippen molar-refractivity contribution in [1.29, 1.82) is 0 Å². The quantitative estimate of drug-likeness (QED) is 0.852. The summed E-state index contributed by atoms with van der Waals surface area (Å²) in [5.41, 5.74) is 1.49. The predicted molar refractivity (Wildman–Crippen MR) is 85.3 cm³/mol. The van der Waals surface area contributed by atoms with Crippen LogP contribution in [-0.2, 0) is 0 Å². The first-order valence-corrected chi connectivity index (χ1v) is 8.28. The Hall–Kier alpha value is -1.31. The maximum Gasteiger partial charge on any atom is 0.0965 e. The molecule has 1 heterocycles. The molecule has 0 radical (unpaired) electrons. The lowest BCUT2D eigenvalue weighted by Crippen LogP contribution is -2.37. The molecule has 1 aromatic carbocycles. The molecule has 1 aromatic rings. The number of hydrogen-bond acceptors (Lipinski definition) is 2. The first kappa shape index (κ1) is 13.7. The monoisotopic (exact) mass is 270 g/mol. The zero-order valence-electron chi connectivity index (χ0n) is 12.4. The highest BCUT2D eigenvalue weighted by molar-refractivity contribution is 5.82. The van der Waals surface area contributed by atoms with Crippen LogP contribution in [0.15, 0.2) is 35.3 Å². The van der Waals surface area contributed by atoms with Crippen LogP contribution in [0, 0.1) is 0 Å². The molecule has 1 fully saturated rings. The number of nitrogens with one attached hydrogen (secondary N) is 1. The summed E-state index contributed by atoms with van der Waals surface area (Å²) in [6, 6.07) is 11.6. The number of rotatable bonds is 2. The van der Waals surface area contributed by atoms with Gasteiger partial charge in [0.15, 0.2) is 0 Å². The number of hydrogen-bond donors (Lipinski definition) is 1. The van der Waals surface area contributed by atoms with Gasteiger partial charge < -0.3 is 5.32 Å². The van der Waals surface area contributed by atoms with Crippen molar-refractivity contribution in [2.45, 2.75) is 63.3 Å². The van der Waals surface area contributed by atoms with E-state index in [-0.39, 0.29) is 0 Å². The zero-order valence-corrected chi connectivity index (χ0v) is 12.4. The third-order valence-electron chi connectivity index (χ3n) is 4.72. The third-order valence-corrected chi connectivity index (χ3v) is 4.72. The summed E-state index contributed by atoms with van der Waals surface area (Å²) >= 11 is 0. The molecule has 0 bridgehead atoms. The van der Waals surface area contributed by atoms with Crippen LogP contribution in [0.3, 0.4) is 0 Å². The van der Waals surface area contributed by atoms with E-state index in [2.05, 4.69) is 35.6 Å². The van der Waals surface area contributed by atoms with Crippen LogP contribution in [0.1, 0.15) is 62.8 Å². The van der Waals surface area contributed by atoms with E-state index in [4.69, 9.17) is 4.99 Å². The Bertz CT molecular complexity index is 438. The Morgan fingerprint density at radius 3 is 2.65 bits per heavy atom. The van der Waals surface area contributed by atoms with Crippen molar-refractivity contribution < 1.29 is 0 Å². The van der Waals surface area contributed by atoms with E-state index in [1.54, 1.807) is 0 Å². The first-order valence-electron chi connectivity index (χ1n) is 8.28. The van der Waals surface area contributed by atoms with Crippen LogP contribution < -0.4 is 5.32 Å². The lowest BCUT2D eigenvalue weighted by atomic mass is 9.94. The highest BCUT2D eigenvalue weighted by atomic mass is 15.0. The van der Waals surface area contributed by atoms with Gasteiger partial charge in [0.2, 0.25) is 0 Å². The van der Waals surface area contributed by atoms with E-state index in [1.807, 2.05) is 0 Å². The van der Waals surface area contributed by atoms with Crippen LogP contribution >= 0.6 is 0 Å². The van der Waals surface area contributed by atoms with Crippen molar-refractivity contribution in [3.05, 3.63) is 35.9 Å². The molecule has 2 atom stereocenters. The van der Waals surface area contributed by atoms with Gasteiger partial charge in [-0.25, -0.2) is 0 Å². The average molecular weight is 270 g/mol. The van der Waals surface area contributed by atoms with Crippen molar-refractivity contribution >= 4 is 5.84 Å². The lowest BCUT2D eigenvalue weighted by molar-refractivity contribution is 0.544. The molecule has 1 saturated carbocycles. The van der Waals surface area contributed by atoms with Gasteiger partial charge in [-0.2, -0.15) is 0 Å². The van der Waals surface area contributed by atoms with Gasteiger partial charge in [0.05, 0.1) is 5.84 Å². The SMILES string of the molecule is c1ccc([C@@H]2CCC[C@@H]2NC2=NCCCCCC2)cc1. The molecule has 2 nitrogen and oxygen atoms in total. The second-order valence-electron chi connectivity index (χ2n) is 6.19. The van der Waals surface area contributed by atoms with Crippen LogP contribution in [0.25, 0.3) is 0 Å². The number of amidine groups is 1. The molecule has 108 valence electrons. The second-order valence-corrected chi connectivity index (χ2v) is 6.19. The minimum absolute atomic E-state index is 0.593. The number of nitrogens with zero attached hydrogens (tertiary/aromatic N) is 1. The maximum atomic E-state index is 4.78. The smallest absolute Gasteiger partial charge is 0.0965 e. The van der Waals surface area contributed by atoms with Gasteiger partial charge in [-0.15, -0.1) is 0 Å². The van der Waals surface area contributed by atoms with E-state index in [0.717, 1.165) is 13.0 Å². The van der Waals surface area contributed by atoms with E-state index >= 15 is 0 Å². The predicted octanol–water partition coefficient (Wildman–Crippen LogP) is 4.27. The van der Waals surface area contributed by atoms with Gasteiger partial charge in [-0.05, 0) is 31.2 Å². The average Bonchev–Trinajstić information content (AvgIpc) is 2.91. The molecule has 0 spiro atoms. The summed E-state index contributed by atoms with van der Waals surface area (Å²) in [7, 11) is 0. The normalized spacial score (nSPS) is 27.5. The summed E-state index contributed by atoms with van der Waals surface area (Å²) in [4.78, 5) is 4.78. The molecule has 1 N–H and O–H groups in total. The van der Waals surface area contributed by atoms with Gasteiger partial charge in [-0.3, -0.25) is 4.99 Å². The van der Waals surface area contributed by atoms with E-state index in [0.29, 0.717) is 12.0 Å². The van der Waals surface area contributed by atoms with Crippen LogP contribution in [0.4, 0.5) is 0 Å². The fourth-order valence-electron chi connectivity index (χ4n) is 3.61. The van der Waals surface area contributed by atoms with Crippen molar-refractivity contribution in [3.63, 3.8) is 0 Å². The van der Waals surface area contributed by atoms with Crippen LogP contribution in [0.2, 0.25) is 0 Å². The van der Waals surface area contributed by atoms with E-state index in [1.165, 1.54) is 56.3 Å². The minimum Gasteiger partial charge on any atom is -0.370 e. The molecule has 0 aromatic heterocycles. The molecule has 0 amide bonds. The number of benzene rings is 1. The molecular formula is C18H26N2. The van der Waals surface area contributed by atoms with Gasteiger partial charge in [0.25, 0.3) is 0 Å². The lowest BCUT2D eigenvalue weighted by Gasteiger charge is -2.24. The van der Waals surface area contributed by atoms with Crippen molar-refractivity contribution in [3.8, 4) is 0 Å². The maximum absolute atomic E-state index is 4.78. The van der Waals surface area contributed by atoms with Crippen molar-refractivity contribution in [1.82, 2.24) is 5.32 Å². The number of aliphatic imine (C=N–C) groups is 1. The highest BCUT2D eigenvalue weighted by Gasteiger charge is 2.29. The fourth-order valence-corrected chi connectivity index (χ4v) is 3.61. The topological polar surface area (TPSA) is 24.4 Å². The molecule has 0 saturated heterocycles. The fraction of sp³-hybridized carbons (Fsp3) is 0.611. The highest BCUT2D eigenvalue weighted by Crippen LogP contribution is 2.34. The van der Waals surface area contributed by atoms with Gasteiger partial charge in [-0.1, -0.05) is 49.6 Å². The summed E-state index contributed by atoms with van der Waals surface area (Å²) in [6.45, 7) is 1.02. The Labute approximate surface area is 122 Å². The van der Waals surface area contributed by atoms with Gasteiger partial charge in [0, 0.05) is 24.9 Å². The molecule has 20 heavy (non-hydrogen) atoms. The Morgan fingerprint density at radius 2 is 1.75 bits per heavy atom. The Balaban J connectivity index is 1.66. The standard InChI is InChI=1S/C18H26N2/c1-2-7-14-19-18(13-6-1)20-17-12-8-11-16(17)15-9-4-3-5-10-15/h3-5,9-10,16-17H,1-2,6-8,11-14H2,(H,19,20)/t16-,17-/m0/s1. The Morgan fingerprint density at radius 1 is 0.900 bits per heavy atom. The molecule has 1 aliphatic carbocycles.